The average molecular weight is 494 g/mol. The van der Waals surface area contributed by atoms with E-state index in [1.54, 1.807) is 11.3 Å². The molecule has 0 bridgehead atoms. The second kappa shape index (κ2) is 12.9. The number of nitrogens with one attached hydrogen (secondary N) is 1. The van der Waals surface area contributed by atoms with E-state index in [1.807, 2.05) is 6.92 Å². The van der Waals surface area contributed by atoms with Crippen molar-refractivity contribution in [2.75, 3.05) is 26.7 Å². The number of halogens is 1. The molecule has 1 aromatic heterocycles. The van der Waals surface area contributed by atoms with Gasteiger partial charge >= 0.3 is 0 Å². The van der Waals surface area contributed by atoms with Crippen LogP contribution in [-0.4, -0.2) is 48.7 Å². The number of aromatic nitrogens is 1. The number of aryl methyl sites for hydroxylation is 1. The van der Waals surface area contributed by atoms with Crippen LogP contribution in [0.4, 0.5) is 0 Å². The second-order valence-corrected chi connectivity index (χ2v) is 7.84. The Morgan fingerprint density at radius 1 is 1.42 bits per heavy atom. The lowest BCUT2D eigenvalue weighted by Gasteiger charge is -2.24. The predicted octanol–water partition coefficient (Wildman–Crippen LogP) is 4.45. The predicted molar refractivity (Wildman–Crippen MR) is 122 cm³/mol. The van der Waals surface area contributed by atoms with Gasteiger partial charge in [0.25, 0.3) is 0 Å². The highest BCUT2D eigenvalue weighted by atomic mass is 127. The molecule has 7 heteroatoms. The lowest BCUT2D eigenvalue weighted by molar-refractivity contribution is 0.0177. The summed E-state index contributed by atoms with van der Waals surface area (Å²) in [4.78, 5) is 11.5. The molecular weight excluding hydrogens is 459 g/mol. The number of nitrogens with zero attached hydrogens (tertiary/aromatic N) is 3. The fourth-order valence-corrected chi connectivity index (χ4v) is 4.17. The third-order valence-corrected chi connectivity index (χ3v) is 5.57. The molecule has 150 valence electrons. The van der Waals surface area contributed by atoms with E-state index in [1.165, 1.54) is 25.7 Å². The summed E-state index contributed by atoms with van der Waals surface area (Å²) in [6.07, 6.45) is 6.73. The van der Waals surface area contributed by atoms with Gasteiger partial charge in [0.1, 0.15) is 0 Å². The highest BCUT2D eigenvalue weighted by Crippen LogP contribution is 2.30. The first-order chi connectivity index (χ1) is 12.1. The first-order valence-electron chi connectivity index (χ1n) is 9.66. The van der Waals surface area contributed by atoms with Crippen molar-refractivity contribution < 1.29 is 4.74 Å². The van der Waals surface area contributed by atoms with Gasteiger partial charge in [0.05, 0.1) is 23.4 Å². The zero-order valence-corrected chi connectivity index (χ0v) is 19.8. The fourth-order valence-electron chi connectivity index (χ4n) is 3.56. The van der Waals surface area contributed by atoms with E-state index >= 15 is 0 Å². The van der Waals surface area contributed by atoms with E-state index in [0.717, 1.165) is 55.2 Å². The van der Waals surface area contributed by atoms with Crippen LogP contribution in [0.15, 0.2) is 10.4 Å². The topological polar surface area (TPSA) is 49.8 Å². The number of aliphatic imine (C=N–C) groups is 1. The molecule has 1 fully saturated rings. The van der Waals surface area contributed by atoms with Crippen LogP contribution in [0, 0.1) is 12.8 Å². The average Bonchev–Trinajstić information content (AvgIpc) is 3.25. The van der Waals surface area contributed by atoms with Crippen molar-refractivity contribution in [3.05, 3.63) is 16.1 Å². The summed E-state index contributed by atoms with van der Waals surface area (Å²) in [6, 6.07) is 0. The summed E-state index contributed by atoms with van der Waals surface area (Å²) in [5.41, 5.74) is 1.11. The molecule has 1 aromatic rings. The summed E-state index contributed by atoms with van der Waals surface area (Å²) < 4.78 is 6.01. The Morgan fingerprint density at radius 3 is 2.73 bits per heavy atom. The number of hydrogen-bond donors (Lipinski definition) is 1. The maximum atomic E-state index is 6.01. The van der Waals surface area contributed by atoms with Crippen LogP contribution in [0.1, 0.15) is 56.7 Å². The molecule has 0 saturated heterocycles. The smallest absolute Gasteiger partial charge is 0.194 e. The van der Waals surface area contributed by atoms with Crippen LogP contribution in [0.3, 0.4) is 0 Å². The Kier molecular flexibility index (Phi) is 11.7. The Labute approximate surface area is 180 Å². The van der Waals surface area contributed by atoms with E-state index in [4.69, 9.17) is 9.73 Å². The number of guanidine groups is 1. The lowest BCUT2D eigenvalue weighted by atomic mass is 9.98. The highest BCUT2D eigenvalue weighted by Gasteiger charge is 2.25. The van der Waals surface area contributed by atoms with Crippen LogP contribution in [0.25, 0.3) is 0 Å². The maximum absolute atomic E-state index is 6.01. The van der Waals surface area contributed by atoms with Gasteiger partial charge in [-0.25, -0.2) is 4.98 Å². The zero-order chi connectivity index (χ0) is 18.1. The number of thiazole rings is 1. The summed E-state index contributed by atoms with van der Waals surface area (Å²) >= 11 is 1.70. The molecule has 2 rings (SSSR count). The molecule has 5 nitrogen and oxygen atoms in total. The molecule has 0 amide bonds. The molecule has 0 radical (unpaired) electrons. The minimum Gasteiger partial charge on any atom is -0.378 e. The van der Waals surface area contributed by atoms with E-state index < -0.39 is 0 Å². The molecule has 1 aliphatic carbocycles. The molecule has 26 heavy (non-hydrogen) atoms. The Morgan fingerprint density at radius 2 is 2.15 bits per heavy atom. The van der Waals surface area contributed by atoms with Gasteiger partial charge in [-0.15, -0.1) is 35.3 Å². The van der Waals surface area contributed by atoms with Crippen molar-refractivity contribution in [3.8, 4) is 0 Å². The molecule has 0 aliphatic heterocycles. The molecule has 1 aliphatic rings. The first-order valence-corrected chi connectivity index (χ1v) is 10.5. The molecule has 1 unspecified atom stereocenters. The third-order valence-electron chi connectivity index (χ3n) is 4.74. The van der Waals surface area contributed by atoms with Crippen molar-refractivity contribution in [3.63, 3.8) is 0 Å². The molecule has 1 atom stereocenters. The van der Waals surface area contributed by atoms with Gasteiger partial charge in [-0.05, 0) is 46.0 Å². The third kappa shape index (κ3) is 7.68. The number of ether oxygens (including phenoxy) is 1. The Balaban J connectivity index is 0.00000338. The molecule has 1 heterocycles. The minimum atomic E-state index is 0. The summed E-state index contributed by atoms with van der Waals surface area (Å²) in [6.45, 7) is 9.52. The second-order valence-electron chi connectivity index (χ2n) is 6.78. The van der Waals surface area contributed by atoms with Gasteiger partial charge < -0.3 is 15.0 Å². The van der Waals surface area contributed by atoms with E-state index in [0.29, 0.717) is 6.10 Å². The maximum Gasteiger partial charge on any atom is 0.194 e. The van der Waals surface area contributed by atoms with E-state index in [2.05, 4.69) is 41.5 Å². The largest absolute Gasteiger partial charge is 0.378 e. The first kappa shape index (κ1) is 23.6. The SMILES string of the molecule is CCNC(=NCCC(OCC)C1CCCC1)N(C)Cc1csc(C)n1.I. The van der Waals surface area contributed by atoms with Gasteiger partial charge in [-0.3, -0.25) is 4.99 Å². The van der Waals surface area contributed by atoms with Crippen molar-refractivity contribution in [1.82, 2.24) is 15.2 Å². The summed E-state index contributed by atoms with van der Waals surface area (Å²) in [7, 11) is 2.08. The fraction of sp³-hybridized carbons (Fsp3) is 0.789. The quantitative estimate of drug-likeness (QED) is 0.313. The van der Waals surface area contributed by atoms with Crippen LogP contribution in [0.2, 0.25) is 0 Å². The molecule has 1 saturated carbocycles. The van der Waals surface area contributed by atoms with Gasteiger partial charge in [0, 0.05) is 32.1 Å². The van der Waals surface area contributed by atoms with Gasteiger partial charge in [0.15, 0.2) is 5.96 Å². The molecule has 1 N–H and O–H groups in total. The van der Waals surface area contributed by atoms with Crippen molar-refractivity contribution in [2.24, 2.45) is 10.9 Å². The van der Waals surface area contributed by atoms with E-state index in [-0.39, 0.29) is 24.0 Å². The van der Waals surface area contributed by atoms with Gasteiger partial charge in [0.2, 0.25) is 0 Å². The highest BCUT2D eigenvalue weighted by molar-refractivity contribution is 14.0. The van der Waals surface area contributed by atoms with Crippen molar-refractivity contribution in [1.29, 1.82) is 0 Å². The summed E-state index contributed by atoms with van der Waals surface area (Å²) in [5, 5.41) is 6.63. The number of rotatable bonds is 9. The number of hydrogen-bond acceptors (Lipinski definition) is 4. The monoisotopic (exact) mass is 494 g/mol. The van der Waals surface area contributed by atoms with Gasteiger partial charge in [-0.2, -0.15) is 0 Å². The Hall–Kier alpha value is -0.410. The lowest BCUT2D eigenvalue weighted by Crippen LogP contribution is -2.38. The van der Waals surface area contributed by atoms with Crippen molar-refractivity contribution >= 4 is 41.3 Å². The van der Waals surface area contributed by atoms with Gasteiger partial charge in [-0.1, -0.05) is 12.8 Å². The standard InChI is InChI=1S/C19H34N4OS.HI/c1-5-20-19(23(4)13-17-14-25-15(3)22-17)21-12-11-18(24-6-2)16-9-7-8-10-16;/h14,16,18H,5-13H2,1-4H3,(H,20,21);1H. The minimum absolute atomic E-state index is 0. The molecular formula is C19H35IN4OS. The Bertz CT molecular complexity index is 531. The van der Waals surface area contributed by atoms with Crippen LogP contribution in [-0.2, 0) is 11.3 Å². The van der Waals surface area contributed by atoms with Crippen LogP contribution >= 0.6 is 35.3 Å². The van der Waals surface area contributed by atoms with Crippen molar-refractivity contribution in [2.45, 2.75) is 65.5 Å². The summed E-state index contributed by atoms with van der Waals surface area (Å²) in [5.74, 6) is 1.68. The normalized spacial score (nSPS) is 16.4. The zero-order valence-electron chi connectivity index (χ0n) is 16.7. The van der Waals surface area contributed by atoms with E-state index in [9.17, 15) is 0 Å². The van der Waals surface area contributed by atoms with Crippen LogP contribution < -0.4 is 5.32 Å². The molecule has 0 spiro atoms. The molecule has 0 aromatic carbocycles. The van der Waals surface area contributed by atoms with Crippen LogP contribution in [0.5, 0.6) is 0 Å².